The fraction of sp³-hybridized carbons (Fsp3) is 0.357. The van der Waals surface area contributed by atoms with E-state index in [1.54, 1.807) is 13.1 Å². The molecular formula is C14H16FN3O2S. The van der Waals surface area contributed by atoms with Crippen LogP contribution in [0.3, 0.4) is 0 Å². The first-order valence-electron chi connectivity index (χ1n) is 6.71. The lowest BCUT2D eigenvalue weighted by Gasteiger charge is -2.15. The van der Waals surface area contributed by atoms with Crippen molar-refractivity contribution in [2.24, 2.45) is 7.05 Å². The quantitative estimate of drug-likeness (QED) is 0.868. The molecule has 1 fully saturated rings. The Balaban J connectivity index is 1.81. The third-order valence-electron chi connectivity index (χ3n) is 3.79. The highest BCUT2D eigenvalue weighted by Gasteiger charge is 2.33. The summed E-state index contributed by atoms with van der Waals surface area (Å²) in [5.41, 5.74) is 0.846. The van der Waals surface area contributed by atoms with E-state index in [-0.39, 0.29) is 16.6 Å². The van der Waals surface area contributed by atoms with Crippen molar-refractivity contribution in [2.75, 3.05) is 13.1 Å². The first-order chi connectivity index (χ1) is 9.96. The Hall–Kier alpha value is -1.73. The molecule has 1 saturated heterocycles. The van der Waals surface area contributed by atoms with Crippen molar-refractivity contribution in [3.05, 3.63) is 48.0 Å². The zero-order valence-electron chi connectivity index (χ0n) is 11.6. The summed E-state index contributed by atoms with van der Waals surface area (Å²) in [6.07, 6.45) is 3.54. The predicted molar refractivity (Wildman–Crippen MR) is 75.7 cm³/mol. The highest BCUT2D eigenvalue weighted by atomic mass is 32.2. The summed E-state index contributed by atoms with van der Waals surface area (Å²) in [6, 6.07) is 6.37. The normalized spacial score (nSPS) is 20.0. The zero-order chi connectivity index (χ0) is 15.0. The van der Waals surface area contributed by atoms with Gasteiger partial charge in [-0.3, -0.25) is 4.68 Å². The highest BCUT2D eigenvalue weighted by Crippen LogP contribution is 2.31. The molecule has 112 valence electrons. The van der Waals surface area contributed by atoms with Crippen LogP contribution in [0.4, 0.5) is 4.39 Å². The first kappa shape index (κ1) is 14.2. The molecule has 21 heavy (non-hydrogen) atoms. The third-order valence-corrected chi connectivity index (χ3v) is 5.61. The Kier molecular flexibility index (Phi) is 3.54. The molecule has 1 atom stereocenters. The van der Waals surface area contributed by atoms with Crippen LogP contribution in [-0.2, 0) is 17.1 Å². The van der Waals surface area contributed by atoms with Crippen molar-refractivity contribution in [3.8, 4) is 0 Å². The lowest BCUT2D eigenvalue weighted by atomic mass is 9.99. The van der Waals surface area contributed by atoms with E-state index in [1.807, 2.05) is 6.07 Å². The SMILES string of the molecule is Cn1cc(S(=O)(=O)N2CCC(c3cccc(F)c3)C2)cn1. The van der Waals surface area contributed by atoms with Crippen molar-refractivity contribution in [3.63, 3.8) is 0 Å². The summed E-state index contributed by atoms with van der Waals surface area (Å²) in [7, 11) is -1.83. The number of nitrogens with zero attached hydrogens (tertiary/aromatic N) is 3. The van der Waals surface area contributed by atoms with Gasteiger partial charge in [-0.15, -0.1) is 0 Å². The smallest absolute Gasteiger partial charge is 0.246 e. The molecule has 0 spiro atoms. The second-order valence-electron chi connectivity index (χ2n) is 5.25. The molecule has 2 heterocycles. The molecule has 0 aliphatic carbocycles. The van der Waals surface area contributed by atoms with E-state index >= 15 is 0 Å². The molecule has 1 aliphatic rings. The molecule has 0 N–H and O–H groups in total. The lowest BCUT2D eigenvalue weighted by molar-refractivity contribution is 0.472. The Morgan fingerprint density at radius 1 is 1.38 bits per heavy atom. The van der Waals surface area contributed by atoms with Crippen LogP contribution in [-0.4, -0.2) is 35.6 Å². The predicted octanol–water partition coefficient (Wildman–Crippen LogP) is 1.74. The summed E-state index contributed by atoms with van der Waals surface area (Å²) in [4.78, 5) is 0.199. The second kappa shape index (κ2) is 5.23. The van der Waals surface area contributed by atoms with Crippen molar-refractivity contribution >= 4 is 10.0 Å². The summed E-state index contributed by atoms with van der Waals surface area (Å²) >= 11 is 0. The standard InChI is InChI=1S/C14H16FN3O2S/c1-17-10-14(8-16-17)21(19,20)18-6-5-12(9-18)11-3-2-4-13(15)7-11/h2-4,7-8,10,12H,5-6,9H2,1H3. The molecule has 0 radical (unpaired) electrons. The topological polar surface area (TPSA) is 55.2 Å². The van der Waals surface area contributed by atoms with E-state index in [0.717, 1.165) is 5.56 Å². The molecule has 1 aliphatic heterocycles. The van der Waals surface area contributed by atoms with Crippen LogP contribution in [0.25, 0.3) is 0 Å². The lowest BCUT2D eigenvalue weighted by Crippen LogP contribution is -2.28. The molecule has 3 rings (SSSR count). The molecule has 0 bridgehead atoms. The number of benzene rings is 1. The summed E-state index contributed by atoms with van der Waals surface area (Å²) in [6.45, 7) is 0.819. The maximum absolute atomic E-state index is 13.3. The first-order valence-corrected chi connectivity index (χ1v) is 8.15. The van der Waals surface area contributed by atoms with Gasteiger partial charge in [0.2, 0.25) is 10.0 Å². The fourth-order valence-electron chi connectivity index (χ4n) is 2.66. The zero-order valence-corrected chi connectivity index (χ0v) is 12.4. The molecule has 0 amide bonds. The van der Waals surface area contributed by atoms with Gasteiger partial charge in [-0.1, -0.05) is 12.1 Å². The third kappa shape index (κ3) is 2.71. The van der Waals surface area contributed by atoms with Gasteiger partial charge in [0.15, 0.2) is 0 Å². The van der Waals surface area contributed by atoms with E-state index in [1.165, 1.54) is 33.5 Å². The van der Waals surface area contributed by atoms with E-state index in [2.05, 4.69) is 5.10 Å². The van der Waals surface area contributed by atoms with E-state index in [9.17, 15) is 12.8 Å². The molecule has 1 aromatic heterocycles. The molecule has 1 unspecified atom stereocenters. The average Bonchev–Trinajstić information content (AvgIpc) is 3.07. The molecule has 7 heteroatoms. The van der Waals surface area contributed by atoms with Gasteiger partial charge < -0.3 is 0 Å². The number of sulfonamides is 1. The van der Waals surface area contributed by atoms with Gasteiger partial charge >= 0.3 is 0 Å². The van der Waals surface area contributed by atoms with Gasteiger partial charge in [-0.25, -0.2) is 12.8 Å². The van der Waals surface area contributed by atoms with E-state index < -0.39 is 10.0 Å². The Bertz CT molecular complexity index is 757. The van der Waals surface area contributed by atoms with Crippen LogP contribution in [0.1, 0.15) is 17.9 Å². The van der Waals surface area contributed by atoms with Gasteiger partial charge in [-0.05, 0) is 30.0 Å². The number of rotatable bonds is 3. The van der Waals surface area contributed by atoms with Gasteiger partial charge in [0.1, 0.15) is 10.7 Å². The van der Waals surface area contributed by atoms with Gasteiger partial charge in [0.25, 0.3) is 0 Å². The highest BCUT2D eigenvalue weighted by molar-refractivity contribution is 7.89. The Labute approximate surface area is 123 Å². The monoisotopic (exact) mass is 309 g/mol. The number of halogens is 1. The number of hydrogen-bond acceptors (Lipinski definition) is 3. The minimum atomic E-state index is -3.51. The Morgan fingerprint density at radius 2 is 2.19 bits per heavy atom. The maximum atomic E-state index is 13.3. The average molecular weight is 309 g/mol. The number of aromatic nitrogens is 2. The second-order valence-corrected chi connectivity index (χ2v) is 7.19. The maximum Gasteiger partial charge on any atom is 0.246 e. The van der Waals surface area contributed by atoms with Gasteiger partial charge in [0, 0.05) is 26.3 Å². The molecule has 2 aromatic rings. The summed E-state index contributed by atoms with van der Waals surface area (Å²) in [5, 5.41) is 3.90. The van der Waals surface area contributed by atoms with Crippen LogP contribution in [0.5, 0.6) is 0 Å². The molecule has 5 nitrogen and oxygen atoms in total. The van der Waals surface area contributed by atoms with E-state index in [0.29, 0.717) is 19.5 Å². The molecule has 0 saturated carbocycles. The minimum Gasteiger partial charge on any atom is -0.274 e. The molecule has 1 aromatic carbocycles. The van der Waals surface area contributed by atoms with Crippen LogP contribution in [0.2, 0.25) is 0 Å². The summed E-state index contributed by atoms with van der Waals surface area (Å²) < 4.78 is 41.2. The largest absolute Gasteiger partial charge is 0.274 e. The van der Waals surface area contributed by atoms with E-state index in [4.69, 9.17) is 0 Å². The van der Waals surface area contributed by atoms with Gasteiger partial charge in [-0.2, -0.15) is 9.40 Å². The number of hydrogen-bond donors (Lipinski definition) is 0. The molecular weight excluding hydrogens is 293 g/mol. The van der Waals surface area contributed by atoms with Crippen LogP contribution in [0, 0.1) is 5.82 Å². The van der Waals surface area contributed by atoms with Gasteiger partial charge in [0.05, 0.1) is 6.20 Å². The van der Waals surface area contributed by atoms with Crippen molar-refractivity contribution < 1.29 is 12.8 Å². The van der Waals surface area contributed by atoms with Crippen LogP contribution >= 0.6 is 0 Å². The Morgan fingerprint density at radius 3 is 2.86 bits per heavy atom. The van der Waals surface area contributed by atoms with Crippen molar-refractivity contribution in [1.29, 1.82) is 0 Å². The fourth-order valence-corrected chi connectivity index (χ4v) is 4.15. The van der Waals surface area contributed by atoms with Crippen LogP contribution in [0.15, 0.2) is 41.6 Å². The van der Waals surface area contributed by atoms with Crippen molar-refractivity contribution in [2.45, 2.75) is 17.2 Å². The van der Waals surface area contributed by atoms with Crippen molar-refractivity contribution in [1.82, 2.24) is 14.1 Å². The summed E-state index contributed by atoms with van der Waals surface area (Å²) in [5.74, 6) is -0.256. The van der Waals surface area contributed by atoms with Crippen LogP contribution < -0.4 is 0 Å². The minimum absolute atomic E-state index is 0.0344. The number of aryl methyl sites for hydroxylation is 1.